The van der Waals surface area contributed by atoms with Gasteiger partial charge in [0.05, 0.1) is 15.4 Å². The highest BCUT2D eigenvalue weighted by Crippen LogP contribution is 2.34. The molecule has 20 heavy (non-hydrogen) atoms. The summed E-state index contributed by atoms with van der Waals surface area (Å²) in [6.07, 6.45) is 0.826. The predicted octanol–water partition coefficient (Wildman–Crippen LogP) is 3.64. The number of rotatable bonds is 6. The maximum atomic E-state index is 10.8. The second kappa shape index (κ2) is 6.45. The standard InChI is InChI=1S/C15H15NO3S/c1-10(2)12-5-6-13(19-9-18-3)15(16-12)14-7-4-11(8-17)20-14/h4-8H,1,9H2,2-3H3. The van der Waals surface area contributed by atoms with E-state index in [1.807, 2.05) is 25.1 Å². The van der Waals surface area contributed by atoms with Crippen LogP contribution in [0.15, 0.2) is 30.8 Å². The van der Waals surface area contributed by atoms with E-state index >= 15 is 0 Å². The molecule has 4 nitrogen and oxygen atoms in total. The number of carbonyl (C=O) groups is 1. The molecular weight excluding hydrogens is 274 g/mol. The Kier molecular flexibility index (Phi) is 4.65. The molecule has 0 N–H and O–H groups in total. The summed E-state index contributed by atoms with van der Waals surface area (Å²) in [5, 5.41) is 0. The molecule has 2 rings (SSSR count). The zero-order chi connectivity index (χ0) is 14.5. The van der Waals surface area contributed by atoms with Gasteiger partial charge in [-0.25, -0.2) is 4.98 Å². The molecule has 5 heteroatoms. The van der Waals surface area contributed by atoms with Crippen LogP contribution in [-0.2, 0) is 4.74 Å². The van der Waals surface area contributed by atoms with Gasteiger partial charge in [0.2, 0.25) is 0 Å². The van der Waals surface area contributed by atoms with Gasteiger partial charge < -0.3 is 9.47 Å². The van der Waals surface area contributed by atoms with Gasteiger partial charge in [0, 0.05) is 7.11 Å². The Morgan fingerprint density at radius 3 is 2.80 bits per heavy atom. The topological polar surface area (TPSA) is 48.4 Å². The fourth-order valence-electron chi connectivity index (χ4n) is 1.64. The molecule has 0 unspecified atom stereocenters. The van der Waals surface area contributed by atoms with Crippen molar-refractivity contribution in [2.24, 2.45) is 0 Å². The van der Waals surface area contributed by atoms with Crippen LogP contribution >= 0.6 is 11.3 Å². The van der Waals surface area contributed by atoms with Crippen LogP contribution in [0.1, 0.15) is 22.3 Å². The van der Waals surface area contributed by atoms with E-state index in [0.717, 1.165) is 22.4 Å². The Balaban J connectivity index is 2.47. The molecule has 2 heterocycles. The normalized spacial score (nSPS) is 10.3. The van der Waals surface area contributed by atoms with Crippen molar-refractivity contribution in [3.05, 3.63) is 41.4 Å². The minimum Gasteiger partial charge on any atom is -0.465 e. The molecule has 0 amide bonds. The van der Waals surface area contributed by atoms with Crippen molar-refractivity contribution in [2.45, 2.75) is 6.92 Å². The Morgan fingerprint density at radius 1 is 1.40 bits per heavy atom. The Labute approximate surface area is 121 Å². The molecule has 0 aromatic carbocycles. The summed E-state index contributed by atoms with van der Waals surface area (Å²) in [5.74, 6) is 0.621. The van der Waals surface area contributed by atoms with Crippen LogP contribution in [0.3, 0.4) is 0 Å². The number of allylic oxidation sites excluding steroid dienone is 1. The van der Waals surface area contributed by atoms with Crippen LogP contribution in [-0.4, -0.2) is 25.2 Å². The van der Waals surface area contributed by atoms with Crippen molar-refractivity contribution < 1.29 is 14.3 Å². The molecule has 2 aromatic rings. The van der Waals surface area contributed by atoms with Crippen LogP contribution in [0.5, 0.6) is 5.75 Å². The zero-order valence-corrected chi connectivity index (χ0v) is 12.2. The van der Waals surface area contributed by atoms with E-state index in [2.05, 4.69) is 11.6 Å². The van der Waals surface area contributed by atoms with Gasteiger partial charge in [-0.15, -0.1) is 11.3 Å². The third-order valence-corrected chi connectivity index (χ3v) is 3.62. The van der Waals surface area contributed by atoms with Crippen molar-refractivity contribution in [2.75, 3.05) is 13.9 Å². The lowest BCUT2D eigenvalue weighted by atomic mass is 10.2. The van der Waals surface area contributed by atoms with E-state index in [1.54, 1.807) is 13.2 Å². The largest absolute Gasteiger partial charge is 0.465 e. The average molecular weight is 289 g/mol. The van der Waals surface area contributed by atoms with Crippen LogP contribution in [0.4, 0.5) is 0 Å². The van der Waals surface area contributed by atoms with Crippen LogP contribution in [0.25, 0.3) is 16.1 Å². The summed E-state index contributed by atoms with van der Waals surface area (Å²) in [5.41, 5.74) is 2.36. The van der Waals surface area contributed by atoms with Gasteiger partial charge in [-0.2, -0.15) is 0 Å². The number of carbonyl (C=O) groups excluding carboxylic acids is 1. The van der Waals surface area contributed by atoms with Crippen molar-refractivity contribution in [3.63, 3.8) is 0 Å². The van der Waals surface area contributed by atoms with Gasteiger partial charge in [-0.3, -0.25) is 4.79 Å². The summed E-state index contributed by atoms with van der Waals surface area (Å²) >= 11 is 1.37. The molecule has 0 saturated carbocycles. The van der Waals surface area contributed by atoms with E-state index in [9.17, 15) is 4.79 Å². The molecule has 104 valence electrons. The Hall–Kier alpha value is -1.98. The molecule has 0 spiro atoms. The number of pyridine rings is 1. The van der Waals surface area contributed by atoms with E-state index < -0.39 is 0 Å². The molecular formula is C15H15NO3S. The maximum absolute atomic E-state index is 10.8. The molecule has 0 radical (unpaired) electrons. The monoisotopic (exact) mass is 289 g/mol. The first kappa shape index (κ1) is 14.4. The van der Waals surface area contributed by atoms with Crippen molar-refractivity contribution in [3.8, 4) is 16.3 Å². The highest BCUT2D eigenvalue weighted by atomic mass is 32.1. The lowest BCUT2D eigenvalue weighted by Crippen LogP contribution is -2.01. The summed E-state index contributed by atoms with van der Waals surface area (Å²) in [4.78, 5) is 16.9. The second-order valence-corrected chi connectivity index (χ2v) is 5.31. The number of methoxy groups -OCH3 is 1. The lowest BCUT2D eigenvalue weighted by molar-refractivity contribution is 0.0513. The third kappa shape index (κ3) is 3.12. The number of hydrogen-bond donors (Lipinski definition) is 0. The molecule has 0 fully saturated rings. The van der Waals surface area contributed by atoms with Gasteiger partial charge in [0.1, 0.15) is 11.4 Å². The molecule has 2 aromatic heterocycles. The zero-order valence-electron chi connectivity index (χ0n) is 11.4. The molecule has 0 aliphatic heterocycles. The third-order valence-electron chi connectivity index (χ3n) is 2.60. The highest BCUT2D eigenvalue weighted by molar-refractivity contribution is 7.17. The first-order chi connectivity index (χ1) is 9.65. The number of aromatic nitrogens is 1. The number of thiophene rings is 1. The average Bonchev–Trinajstić information content (AvgIpc) is 2.93. The second-order valence-electron chi connectivity index (χ2n) is 4.19. The number of ether oxygens (including phenoxy) is 2. The molecule has 0 saturated heterocycles. The first-order valence-corrected chi connectivity index (χ1v) is 6.81. The fourth-order valence-corrected chi connectivity index (χ4v) is 2.46. The van der Waals surface area contributed by atoms with Gasteiger partial charge in [0.25, 0.3) is 0 Å². The van der Waals surface area contributed by atoms with E-state index in [-0.39, 0.29) is 6.79 Å². The van der Waals surface area contributed by atoms with Gasteiger partial charge in [-0.05, 0) is 36.8 Å². The predicted molar refractivity (Wildman–Crippen MR) is 80.1 cm³/mol. The van der Waals surface area contributed by atoms with Crippen molar-refractivity contribution in [1.29, 1.82) is 0 Å². The van der Waals surface area contributed by atoms with E-state index in [4.69, 9.17) is 9.47 Å². The highest BCUT2D eigenvalue weighted by Gasteiger charge is 2.12. The summed E-state index contributed by atoms with van der Waals surface area (Å²) < 4.78 is 10.4. The summed E-state index contributed by atoms with van der Waals surface area (Å²) in [6.45, 7) is 5.93. The van der Waals surface area contributed by atoms with Crippen molar-refractivity contribution in [1.82, 2.24) is 4.98 Å². The Bertz CT molecular complexity index is 634. The van der Waals surface area contributed by atoms with Gasteiger partial charge in [-0.1, -0.05) is 6.58 Å². The van der Waals surface area contributed by atoms with Crippen LogP contribution in [0, 0.1) is 0 Å². The minimum absolute atomic E-state index is 0.146. The number of hydrogen-bond acceptors (Lipinski definition) is 5. The molecule has 0 bridgehead atoms. The summed E-state index contributed by atoms with van der Waals surface area (Å²) in [7, 11) is 1.56. The van der Waals surface area contributed by atoms with Crippen LogP contribution < -0.4 is 4.74 Å². The quantitative estimate of drug-likeness (QED) is 0.602. The molecule has 0 atom stereocenters. The SMILES string of the molecule is C=C(C)c1ccc(OCOC)c(-c2ccc(C=O)s2)n1. The Morgan fingerprint density at radius 2 is 2.20 bits per heavy atom. The number of nitrogens with zero attached hydrogens (tertiary/aromatic N) is 1. The number of aldehydes is 1. The fraction of sp³-hybridized carbons (Fsp3) is 0.200. The van der Waals surface area contributed by atoms with E-state index in [0.29, 0.717) is 16.3 Å². The van der Waals surface area contributed by atoms with Crippen LogP contribution in [0.2, 0.25) is 0 Å². The smallest absolute Gasteiger partial charge is 0.188 e. The lowest BCUT2D eigenvalue weighted by Gasteiger charge is -2.10. The van der Waals surface area contributed by atoms with E-state index in [1.165, 1.54) is 11.3 Å². The summed E-state index contributed by atoms with van der Waals surface area (Å²) in [6, 6.07) is 7.32. The molecule has 0 aliphatic carbocycles. The van der Waals surface area contributed by atoms with Gasteiger partial charge >= 0.3 is 0 Å². The van der Waals surface area contributed by atoms with Crippen molar-refractivity contribution >= 4 is 23.2 Å². The maximum Gasteiger partial charge on any atom is 0.188 e. The van der Waals surface area contributed by atoms with Gasteiger partial charge in [0.15, 0.2) is 13.1 Å². The molecule has 0 aliphatic rings. The first-order valence-electron chi connectivity index (χ1n) is 5.99. The minimum atomic E-state index is 0.146.